The minimum Gasteiger partial charge on any atom is -0.508 e. The number of carboxylic acid groups (broad SMARTS) is 1. The van der Waals surface area contributed by atoms with Gasteiger partial charge in [0, 0.05) is 0 Å². The number of rotatable bonds is 3. The number of carboxylic acids is 1. The average molecular weight is 168 g/mol. The molecule has 0 saturated heterocycles. The zero-order valence-corrected chi connectivity index (χ0v) is 6.23. The Balaban J connectivity index is 2.85. The monoisotopic (exact) mass is 168 g/mol. The Morgan fingerprint density at radius 2 is 2.08 bits per heavy atom. The standard InChI is InChI=1S/C8H9NO3/c9-7(8(11)12)5-1-3-6(10)4-2-5/h1-4,7,10H,9H2,(H,11,12)/i/hD. The van der Waals surface area contributed by atoms with Crippen molar-refractivity contribution in [2.75, 3.05) is 0 Å². The van der Waals surface area contributed by atoms with Crippen LogP contribution in [0.1, 0.15) is 11.6 Å². The Morgan fingerprint density at radius 1 is 1.50 bits per heavy atom. The van der Waals surface area contributed by atoms with Crippen LogP contribution in [0.4, 0.5) is 0 Å². The van der Waals surface area contributed by atoms with Crippen molar-refractivity contribution >= 4 is 5.97 Å². The van der Waals surface area contributed by atoms with Gasteiger partial charge in [-0.25, -0.2) is 0 Å². The highest BCUT2D eigenvalue weighted by Crippen LogP contribution is 2.14. The van der Waals surface area contributed by atoms with Crippen molar-refractivity contribution in [3.63, 3.8) is 0 Å². The molecule has 0 fully saturated rings. The first-order valence-electron chi connectivity index (χ1n) is 3.77. The van der Waals surface area contributed by atoms with Crippen molar-refractivity contribution in [1.29, 1.82) is 1.43 Å². The summed E-state index contributed by atoms with van der Waals surface area (Å²) in [6.07, 6.45) is 0. The van der Waals surface area contributed by atoms with E-state index in [0.29, 0.717) is 11.3 Å². The summed E-state index contributed by atoms with van der Waals surface area (Å²) >= 11 is 0. The maximum absolute atomic E-state index is 10.5. The number of nitrogens with two attached hydrogens (primary N) is 1. The second-order valence-corrected chi connectivity index (χ2v) is 2.38. The van der Waals surface area contributed by atoms with Gasteiger partial charge in [-0.3, -0.25) is 4.79 Å². The molecule has 1 aromatic rings. The highest BCUT2D eigenvalue weighted by molar-refractivity contribution is 5.75. The lowest BCUT2D eigenvalue weighted by molar-refractivity contribution is -0.138. The second-order valence-electron chi connectivity index (χ2n) is 2.38. The van der Waals surface area contributed by atoms with Gasteiger partial charge in [0.15, 0.2) is 0 Å². The minimum atomic E-state index is -1.08. The normalized spacial score (nSPS) is 13.2. The van der Waals surface area contributed by atoms with E-state index >= 15 is 0 Å². The lowest BCUT2D eigenvalue weighted by atomic mass is 10.1. The molecule has 1 aromatic carbocycles. The van der Waals surface area contributed by atoms with Gasteiger partial charge in [-0.05, 0) is 17.7 Å². The van der Waals surface area contributed by atoms with Gasteiger partial charge in [-0.2, -0.15) is 0 Å². The zero-order valence-electron chi connectivity index (χ0n) is 7.23. The molecule has 0 aliphatic rings. The predicted octanol–water partition coefficient (Wildman–Crippen LogP) is 0.477. The number of aromatic hydroxyl groups is 1. The van der Waals surface area contributed by atoms with E-state index in [0.717, 1.165) is 0 Å². The predicted molar refractivity (Wildman–Crippen MR) is 42.7 cm³/mol. The van der Waals surface area contributed by atoms with Crippen molar-refractivity contribution in [2.24, 2.45) is 5.73 Å². The number of benzene rings is 1. The number of phenolic OH excluding ortho intramolecular Hbond substituents is 1. The lowest BCUT2D eigenvalue weighted by Gasteiger charge is -2.05. The molecule has 4 heteroatoms. The van der Waals surface area contributed by atoms with E-state index in [1.807, 2.05) is 0 Å². The Bertz CT molecular complexity index is 299. The first-order valence-corrected chi connectivity index (χ1v) is 3.36. The smallest absolute Gasteiger partial charge is 0.325 e. The fourth-order valence-corrected chi connectivity index (χ4v) is 0.818. The van der Waals surface area contributed by atoms with Crippen LogP contribution in [-0.2, 0) is 4.79 Å². The molecule has 1 unspecified atom stereocenters. The molecule has 4 nitrogen and oxygen atoms in total. The first-order chi connectivity index (χ1) is 6.15. The fourth-order valence-electron chi connectivity index (χ4n) is 0.818. The van der Waals surface area contributed by atoms with Crippen LogP contribution in [0.2, 0.25) is 0 Å². The van der Waals surface area contributed by atoms with Crippen LogP contribution < -0.4 is 5.73 Å². The maximum atomic E-state index is 10.5. The summed E-state index contributed by atoms with van der Waals surface area (Å²) < 4.78 is 6.56. The molecule has 0 aliphatic heterocycles. The second kappa shape index (κ2) is 3.23. The maximum Gasteiger partial charge on any atom is 0.325 e. The summed E-state index contributed by atoms with van der Waals surface area (Å²) in [4.78, 5) is 10.5. The van der Waals surface area contributed by atoms with Crippen molar-refractivity contribution in [1.82, 2.24) is 0 Å². The van der Waals surface area contributed by atoms with E-state index in [4.69, 9.17) is 12.3 Å². The highest BCUT2D eigenvalue weighted by atomic mass is 16.4. The van der Waals surface area contributed by atoms with Crippen LogP contribution in [0.15, 0.2) is 24.3 Å². The van der Waals surface area contributed by atoms with Gasteiger partial charge in [-0.1, -0.05) is 12.1 Å². The quantitative estimate of drug-likeness (QED) is 0.612. The van der Waals surface area contributed by atoms with Gasteiger partial charge in [0.05, 0.1) is 0 Å². The van der Waals surface area contributed by atoms with Crippen LogP contribution in [0.5, 0.6) is 5.75 Å². The third-order valence-electron chi connectivity index (χ3n) is 1.51. The van der Waals surface area contributed by atoms with Crippen LogP contribution in [0, 0.1) is 0 Å². The molecular formula is C8H9NO3. The molecule has 0 spiro atoms. The van der Waals surface area contributed by atoms with Crippen LogP contribution in [0.25, 0.3) is 0 Å². The molecular weight excluding hydrogens is 158 g/mol. The lowest BCUT2D eigenvalue weighted by Crippen LogP contribution is -2.20. The largest absolute Gasteiger partial charge is 0.508 e. The molecule has 1 rings (SSSR count). The molecule has 0 amide bonds. The SMILES string of the molecule is [2H]Oc1ccc(C(N)C(=O)O)cc1. The highest BCUT2D eigenvalue weighted by Gasteiger charge is 2.13. The van der Waals surface area contributed by atoms with E-state index in [1.54, 1.807) is 0 Å². The number of aliphatic carboxylic acids is 1. The molecule has 0 aromatic heterocycles. The average Bonchev–Trinajstić information content (AvgIpc) is 2.17. The molecule has 0 saturated carbocycles. The van der Waals surface area contributed by atoms with E-state index in [9.17, 15) is 4.79 Å². The van der Waals surface area contributed by atoms with Gasteiger partial charge in [-0.15, -0.1) is 0 Å². The fraction of sp³-hybridized carbons (Fsp3) is 0.125. The van der Waals surface area contributed by atoms with Gasteiger partial charge in [0.25, 0.3) is 1.43 Å². The van der Waals surface area contributed by atoms with Crippen molar-refractivity contribution in [2.45, 2.75) is 6.04 Å². The van der Waals surface area contributed by atoms with E-state index < -0.39 is 12.0 Å². The Labute approximate surface area is 70.7 Å². The third-order valence-corrected chi connectivity index (χ3v) is 1.51. The molecule has 0 bridgehead atoms. The van der Waals surface area contributed by atoms with Crippen LogP contribution in [-0.4, -0.2) is 17.6 Å². The van der Waals surface area contributed by atoms with Gasteiger partial charge in [0.1, 0.15) is 11.8 Å². The van der Waals surface area contributed by atoms with Crippen molar-refractivity contribution in [3.05, 3.63) is 29.8 Å². The molecule has 0 radical (unpaired) electrons. The Kier molecular flexibility index (Phi) is 1.92. The van der Waals surface area contributed by atoms with Crippen LogP contribution in [0.3, 0.4) is 0 Å². The summed E-state index contributed by atoms with van der Waals surface area (Å²) in [6.45, 7) is 0. The minimum absolute atomic E-state index is 0.348. The van der Waals surface area contributed by atoms with Crippen molar-refractivity contribution in [3.8, 4) is 5.75 Å². The molecule has 0 heterocycles. The molecule has 0 aliphatic carbocycles. The Hall–Kier alpha value is -1.55. The molecule has 64 valence electrons. The molecule has 1 atom stereocenters. The first kappa shape index (κ1) is 7.12. The number of carbonyl (C=O) groups is 1. The topological polar surface area (TPSA) is 83.5 Å². The summed E-state index contributed by atoms with van der Waals surface area (Å²) in [7, 11) is 0. The summed E-state index contributed by atoms with van der Waals surface area (Å²) in [5.41, 5.74) is 5.82. The van der Waals surface area contributed by atoms with Gasteiger partial charge >= 0.3 is 5.97 Å². The summed E-state index contributed by atoms with van der Waals surface area (Å²) in [6, 6.07) is 4.99. The number of hydrogen-bond donors (Lipinski definition) is 3. The van der Waals surface area contributed by atoms with Gasteiger partial charge in [0.2, 0.25) is 0 Å². The van der Waals surface area contributed by atoms with E-state index in [2.05, 4.69) is 5.11 Å². The Morgan fingerprint density at radius 3 is 2.50 bits per heavy atom. The van der Waals surface area contributed by atoms with Gasteiger partial charge < -0.3 is 15.9 Å². The zero-order chi connectivity index (χ0) is 9.84. The third kappa shape index (κ3) is 1.73. The number of hydrogen-bond acceptors (Lipinski definition) is 3. The van der Waals surface area contributed by atoms with E-state index in [1.165, 1.54) is 24.3 Å². The van der Waals surface area contributed by atoms with E-state index in [-0.39, 0.29) is 0 Å². The number of phenols is 1. The molecule has 4 N–H and O–H groups in total. The summed E-state index contributed by atoms with van der Waals surface area (Å²) in [5, 5.41) is 12.7. The van der Waals surface area contributed by atoms with Crippen molar-refractivity contribution < 1.29 is 15.0 Å². The van der Waals surface area contributed by atoms with Crippen LogP contribution >= 0.6 is 0 Å². The molecule has 12 heavy (non-hydrogen) atoms. The summed E-state index contributed by atoms with van der Waals surface area (Å²) in [5.74, 6) is -0.735.